The van der Waals surface area contributed by atoms with E-state index in [0.29, 0.717) is 22.9 Å². The number of benzene rings is 2. The summed E-state index contributed by atoms with van der Waals surface area (Å²) in [6, 6.07) is 13.1. The number of nitrogens with zero attached hydrogens (tertiary/aromatic N) is 1. The monoisotopic (exact) mass is 348 g/mol. The highest BCUT2D eigenvalue weighted by Crippen LogP contribution is 2.24. The number of nitro groups is 1. The first-order valence-corrected chi connectivity index (χ1v) is 7.49. The maximum absolute atomic E-state index is 11.1. The number of hydrogen-bond acceptors (Lipinski definition) is 3. The molecule has 0 saturated carbocycles. The quantitative estimate of drug-likeness (QED) is 0.660. The van der Waals surface area contributed by atoms with Gasteiger partial charge in [0.1, 0.15) is 0 Å². The van der Waals surface area contributed by atoms with E-state index in [4.69, 9.17) is 5.73 Å². The third-order valence-corrected chi connectivity index (χ3v) is 3.84. The molecule has 0 fully saturated rings. The Balaban J connectivity index is 2.10. The summed E-state index contributed by atoms with van der Waals surface area (Å²) in [7, 11) is 0. The molecule has 0 radical (unpaired) electrons. The van der Waals surface area contributed by atoms with Crippen molar-refractivity contribution in [1.29, 1.82) is 0 Å². The second kappa shape index (κ2) is 6.83. The summed E-state index contributed by atoms with van der Waals surface area (Å²) in [6.45, 7) is 2.04. The van der Waals surface area contributed by atoms with Crippen molar-refractivity contribution < 1.29 is 4.92 Å². The molecule has 21 heavy (non-hydrogen) atoms. The predicted molar refractivity (Wildman–Crippen MR) is 87.4 cm³/mol. The SMILES string of the molecule is Cc1ccc(CC(N)Cc2ccc(Br)cc2[N+](=O)[O-])cc1. The van der Waals surface area contributed by atoms with Gasteiger partial charge in [-0.1, -0.05) is 51.8 Å². The highest BCUT2D eigenvalue weighted by molar-refractivity contribution is 9.10. The van der Waals surface area contributed by atoms with Crippen LogP contribution in [-0.2, 0) is 12.8 Å². The third kappa shape index (κ3) is 4.37. The average molecular weight is 349 g/mol. The fraction of sp³-hybridized carbons (Fsp3) is 0.250. The van der Waals surface area contributed by atoms with E-state index in [1.54, 1.807) is 12.1 Å². The van der Waals surface area contributed by atoms with Crippen LogP contribution in [-0.4, -0.2) is 11.0 Å². The molecule has 0 saturated heterocycles. The van der Waals surface area contributed by atoms with Crippen LogP contribution in [0.15, 0.2) is 46.9 Å². The average Bonchev–Trinajstić information content (AvgIpc) is 2.43. The van der Waals surface area contributed by atoms with Gasteiger partial charge >= 0.3 is 0 Å². The van der Waals surface area contributed by atoms with Gasteiger partial charge in [-0.3, -0.25) is 10.1 Å². The number of nitro benzene ring substituents is 1. The molecule has 0 heterocycles. The lowest BCUT2D eigenvalue weighted by atomic mass is 9.98. The van der Waals surface area contributed by atoms with Crippen LogP contribution in [0, 0.1) is 17.0 Å². The first-order chi connectivity index (χ1) is 9.95. The van der Waals surface area contributed by atoms with E-state index < -0.39 is 0 Å². The summed E-state index contributed by atoms with van der Waals surface area (Å²) in [6.07, 6.45) is 1.19. The lowest BCUT2D eigenvalue weighted by molar-refractivity contribution is -0.385. The van der Waals surface area contributed by atoms with Crippen molar-refractivity contribution in [2.45, 2.75) is 25.8 Å². The molecule has 2 N–H and O–H groups in total. The summed E-state index contributed by atoms with van der Waals surface area (Å²) in [5.74, 6) is 0. The van der Waals surface area contributed by atoms with Gasteiger partial charge in [0.15, 0.2) is 0 Å². The maximum atomic E-state index is 11.1. The molecular weight excluding hydrogens is 332 g/mol. The fourth-order valence-electron chi connectivity index (χ4n) is 2.26. The lowest BCUT2D eigenvalue weighted by Crippen LogP contribution is -2.25. The lowest BCUT2D eigenvalue weighted by Gasteiger charge is -2.12. The Morgan fingerprint density at radius 3 is 2.48 bits per heavy atom. The second-order valence-corrected chi connectivity index (χ2v) is 6.10. The maximum Gasteiger partial charge on any atom is 0.273 e. The molecule has 0 amide bonds. The van der Waals surface area contributed by atoms with Crippen molar-refractivity contribution >= 4 is 21.6 Å². The first-order valence-electron chi connectivity index (χ1n) is 6.69. The molecule has 2 aromatic rings. The van der Waals surface area contributed by atoms with Gasteiger partial charge in [-0.15, -0.1) is 0 Å². The molecule has 2 aromatic carbocycles. The molecule has 0 aliphatic rings. The molecule has 4 nitrogen and oxygen atoms in total. The smallest absolute Gasteiger partial charge is 0.273 e. The van der Waals surface area contributed by atoms with E-state index in [-0.39, 0.29) is 16.7 Å². The Morgan fingerprint density at radius 2 is 1.86 bits per heavy atom. The molecule has 0 bridgehead atoms. The van der Waals surface area contributed by atoms with Gasteiger partial charge in [-0.25, -0.2) is 0 Å². The van der Waals surface area contributed by atoms with Crippen LogP contribution in [0.3, 0.4) is 0 Å². The predicted octanol–water partition coefficient (Wildman–Crippen LogP) is 3.78. The van der Waals surface area contributed by atoms with Crippen LogP contribution < -0.4 is 5.73 Å². The van der Waals surface area contributed by atoms with Gasteiger partial charge in [0.25, 0.3) is 5.69 Å². The standard InChI is InChI=1S/C16H17BrN2O2/c1-11-2-4-12(5-3-11)8-15(18)9-13-6-7-14(17)10-16(13)19(20)21/h2-7,10,15H,8-9,18H2,1H3. The highest BCUT2D eigenvalue weighted by Gasteiger charge is 2.16. The number of rotatable bonds is 5. The molecular formula is C16H17BrN2O2. The van der Waals surface area contributed by atoms with Gasteiger partial charge in [0.05, 0.1) is 4.92 Å². The van der Waals surface area contributed by atoms with Crippen LogP contribution in [0.5, 0.6) is 0 Å². The zero-order valence-electron chi connectivity index (χ0n) is 11.8. The zero-order chi connectivity index (χ0) is 15.4. The van der Waals surface area contributed by atoms with Gasteiger partial charge < -0.3 is 5.73 Å². The van der Waals surface area contributed by atoms with Gasteiger partial charge in [0, 0.05) is 22.1 Å². The Hall–Kier alpha value is -1.72. The van der Waals surface area contributed by atoms with Crippen molar-refractivity contribution in [2.24, 2.45) is 5.73 Å². The Kier molecular flexibility index (Phi) is 5.09. The Morgan fingerprint density at radius 1 is 1.19 bits per heavy atom. The number of halogens is 1. The van der Waals surface area contributed by atoms with E-state index in [2.05, 4.69) is 15.9 Å². The number of aryl methyl sites for hydroxylation is 1. The Labute approximate surface area is 132 Å². The second-order valence-electron chi connectivity index (χ2n) is 5.18. The van der Waals surface area contributed by atoms with Crippen LogP contribution in [0.25, 0.3) is 0 Å². The van der Waals surface area contributed by atoms with Crippen LogP contribution in [0.1, 0.15) is 16.7 Å². The molecule has 1 unspecified atom stereocenters. The minimum absolute atomic E-state index is 0.115. The molecule has 110 valence electrons. The van der Waals surface area contributed by atoms with Crippen LogP contribution in [0.4, 0.5) is 5.69 Å². The van der Waals surface area contributed by atoms with E-state index in [0.717, 1.165) is 5.56 Å². The summed E-state index contributed by atoms with van der Waals surface area (Å²) in [5.41, 5.74) is 9.28. The molecule has 0 spiro atoms. The summed E-state index contributed by atoms with van der Waals surface area (Å²) in [4.78, 5) is 10.7. The zero-order valence-corrected chi connectivity index (χ0v) is 13.3. The van der Waals surface area contributed by atoms with E-state index >= 15 is 0 Å². The minimum Gasteiger partial charge on any atom is -0.327 e. The number of hydrogen-bond donors (Lipinski definition) is 1. The van der Waals surface area contributed by atoms with Gasteiger partial charge in [0.2, 0.25) is 0 Å². The van der Waals surface area contributed by atoms with E-state index in [1.807, 2.05) is 31.2 Å². The molecule has 0 aromatic heterocycles. The highest BCUT2D eigenvalue weighted by atomic mass is 79.9. The third-order valence-electron chi connectivity index (χ3n) is 3.34. The van der Waals surface area contributed by atoms with Gasteiger partial charge in [-0.05, 0) is 31.4 Å². The van der Waals surface area contributed by atoms with Crippen LogP contribution in [0.2, 0.25) is 0 Å². The van der Waals surface area contributed by atoms with E-state index in [9.17, 15) is 10.1 Å². The molecule has 2 rings (SSSR count). The number of nitrogens with two attached hydrogens (primary N) is 1. The molecule has 0 aliphatic carbocycles. The fourth-order valence-corrected chi connectivity index (χ4v) is 2.61. The molecule has 5 heteroatoms. The van der Waals surface area contributed by atoms with Gasteiger partial charge in [-0.2, -0.15) is 0 Å². The van der Waals surface area contributed by atoms with Crippen molar-refractivity contribution in [1.82, 2.24) is 0 Å². The van der Waals surface area contributed by atoms with Crippen molar-refractivity contribution in [3.05, 3.63) is 73.7 Å². The summed E-state index contributed by atoms with van der Waals surface area (Å²) >= 11 is 3.26. The van der Waals surface area contributed by atoms with Crippen molar-refractivity contribution in [3.63, 3.8) is 0 Å². The normalized spacial score (nSPS) is 12.1. The molecule has 0 aliphatic heterocycles. The topological polar surface area (TPSA) is 69.2 Å². The van der Waals surface area contributed by atoms with E-state index in [1.165, 1.54) is 11.6 Å². The van der Waals surface area contributed by atoms with Crippen molar-refractivity contribution in [2.75, 3.05) is 0 Å². The largest absolute Gasteiger partial charge is 0.327 e. The van der Waals surface area contributed by atoms with Crippen LogP contribution >= 0.6 is 15.9 Å². The summed E-state index contributed by atoms with van der Waals surface area (Å²) < 4.78 is 0.699. The Bertz CT molecular complexity index is 641. The summed E-state index contributed by atoms with van der Waals surface area (Å²) in [5, 5.41) is 11.1. The van der Waals surface area contributed by atoms with Crippen molar-refractivity contribution in [3.8, 4) is 0 Å². The minimum atomic E-state index is -0.362. The first kappa shape index (κ1) is 15.7. The molecule has 1 atom stereocenters.